The molecule has 0 unspecified atom stereocenters. The Morgan fingerprint density at radius 3 is 1.95 bits per heavy atom. The topological polar surface area (TPSA) is 97.6 Å². The number of imidazole rings is 1. The van der Waals surface area contributed by atoms with E-state index in [0.29, 0.717) is 34.6 Å². The maximum absolute atomic E-state index is 5.95. The predicted octanol–water partition coefficient (Wildman–Crippen LogP) is 1.18. The summed E-state index contributed by atoms with van der Waals surface area (Å²) in [6, 6.07) is 3.55. The third kappa shape index (κ3) is 2.07. The summed E-state index contributed by atoms with van der Waals surface area (Å²) in [5.41, 5.74) is 7.27. The minimum atomic E-state index is 0.372. The molecule has 0 bridgehead atoms. The number of methoxy groups -OCH3 is 3. The zero-order valence-electron chi connectivity index (χ0n) is 11.9. The summed E-state index contributed by atoms with van der Waals surface area (Å²) in [7, 11) is 4.65. The standard InChI is InChI=1S/C13H18N4O3/c1-7-16-11(13(14)17(7)15)8-5-9(18-2)12(20-4)10(6-8)19-3/h5-6H,14-15H2,1-4H3. The van der Waals surface area contributed by atoms with Crippen molar-refractivity contribution >= 4 is 5.82 Å². The van der Waals surface area contributed by atoms with E-state index in [1.807, 2.05) is 0 Å². The summed E-state index contributed by atoms with van der Waals surface area (Å²) in [6.45, 7) is 1.78. The van der Waals surface area contributed by atoms with Gasteiger partial charge in [0.1, 0.15) is 11.5 Å². The first-order valence-corrected chi connectivity index (χ1v) is 5.93. The van der Waals surface area contributed by atoms with Gasteiger partial charge in [0.25, 0.3) is 0 Å². The van der Waals surface area contributed by atoms with Crippen LogP contribution < -0.4 is 25.8 Å². The second-order valence-corrected chi connectivity index (χ2v) is 4.18. The molecule has 0 radical (unpaired) electrons. The third-order valence-corrected chi connectivity index (χ3v) is 3.06. The molecule has 7 nitrogen and oxygen atoms in total. The molecular weight excluding hydrogens is 260 g/mol. The van der Waals surface area contributed by atoms with E-state index in [9.17, 15) is 0 Å². The van der Waals surface area contributed by atoms with Crippen molar-refractivity contribution in [2.24, 2.45) is 0 Å². The smallest absolute Gasteiger partial charge is 0.203 e. The van der Waals surface area contributed by atoms with Crippen LogP contribution in [0.25, 0.3) is 11.3 Å². The maximum Gasteiger partial charge on any atom is 0.203 e. The summed E-state index contributed by atoms with van der Waals surface area (Å²) < 4.78 is 17.2. The zero-order valence-corrected chi connectivity index (χ0v) is 11.9. The Morgan fingerprint density at radius 2 is 1.60 bits per heavy atom. The Bertz CT molecular complexity index is 612. The number of rotatable bonds is 4. The molecule has 2 aromatic rings. The molecule has 4 N–H and O–H groups in total. The number of ether oxygens (including phenoxy) is 3. The van der Waals surface area contributed by atoms with E-state index in [-0.39, 0.29) is 0 Å². The van der Waals surface area contributed by atoms with Gasteiger partial charge in [0.15, 0.2) is 17.3 Å². The minimum Gasteiger partial charge on any atom is -0.493 e. The fourth-order valence-corrected chi connectivity index (χ4v) is 1.99. The predicted molar refractivity (Wildman–Crippen MR) is 76.6 cm³/mol. The Hall–Kier alpha value is -2.57. The molecule has 108 valence electrons. The first-order chi connectivity index (χ1) is 9.53. The van der Waals surface area contributed by atoms with Gasteiger partial charge in [0.2, 0.25) is 5.75 Å². The van der Waals surface area contributed by atoms with Crippen LogP contribution >= 0.6 is 0 Å². The van der Waals surface area contributed by atoms with E-state index >= 15 is 0 Å². The van der Waals surface area contributed by atoms with Crippen LogP contribution in [-0.4, -0.2) is 31.0 Å². The summed E-state index contributed by atoms with van der Waals surface area (Å²) in [4.78, 5) is 4.35. The number of aryl methyl sites for hydroxylation is 1. The summed E-state index contributed by atoms with van der Waals surface area (Å²) in [6.07, 6.45) is 0. The van der Waals surface area contributed by atoms with Crippen molar-refractivity contribution in [2.75, 3.05) is 32.9 Å². The van der Waals surface area contributed by atoms with Crippen molar-refractivity contribution < 1.29 is 14.2 Å². The van der Waals surface area contributed by atoms with Crippen LogP contribution in [0.3, 0.4) is 0 Å². The Labute approximate surface area is 117 Å². The lowest BCUT2D eigenvalue weighted by Gasteiger charge is -2.13. The Morgan fingerprint density at radius 1 is 1.05 bits per heavy atom. The molecule has 1 aromatic heterocycles. The molecule has 1 aromatic carbocycles. The number of benzene rings is 1. The molecule has 0 aliphatic rings. The normalized spacial score (nSPS) is 10.4. The van der Waals surface area contributed by atoms with Crippen molar-refractivity contribution in [3.8, 4) is 28.5 Å². The maximum atomic E-state index is 5.95. The number of aromatic nitrogens is 2. The molecule has 7 heteroatoms. The lowest BCUT2D eigenvalue weighted by atomic mass is 10.1. The van der Waals surface area contributed by atoms with Crippen LogP contribution in [-0.2, 0) is 0 Å². The van der Waals surface area contributed by atoms with Crippen molar-refractivity contribution in [1.29, 1.82) is 0 Å². The average molecular weight is 278 g/mol. The van der Waals surface area contributed by atoms with Crippen LogP contribution in [0, 0.1) is 6.92 Å². The van der Waals surface area contributed by atoms with Crippen molar-refractivity contribution in [1.82, 2.24) is 9.66 Å². The van der Waals surface area contributed by atoms with Crippen molar-refractivity contribution in [3.63, 3.8) is 0 Å². The summed E-state index contributed by atoms with van der Waals surface area (Å²) in [5, 5.41) is 0. The van der Waals surface area contributed by atoms with Gasteiger partial charge in [-0.3, -0.25) is 0 Å². The van der Waals surface area contributed by atoms with Gasteiger partial charge in [-0.1, -0.05) is 0 Å². The Kier molecular flexibility index (Phi) is 3.60. The molecule has 0 aliphatic carbocycles. The molecule has 1 heterocycles. The first kappa shape index (κ1) is 13.9. The van der Waals surface area contributed by atoms with Crippen molar-refractivity contribution in [2.45, 2.75) is 6.92 Å². The molecular formula is C13H18N4O3. The fourth-order valence-electron chi connectivity index (χ4n) is 1.99. The van der Waals surface area contributed by atoms with Gasteiger partial charge in [0, 0.05) is 5.56 Å². The van der Waals surface area contributed by atoms with E-state index in [1.54, 1.807) is 40.4 Å². The van der Waals surface area contributed by atoms with E-state index in [0.717, 1.165) is 5.56 Å². The molecule has 0 fully saturated rings. The third-order valence-electron chi connectivity index (χ3n) is 3.06. The Balaban J connectivity index is 2.65. The van der Waals surface area contributed by atoms with Gasteiger partial charge in [-0.25, -0.2) is 9.66 Å². The molecule has 0 amide bonds. The van der Waals surface area contributed by atoms with Gasteiger partial charge in [-0.05, 0) is 19.1 Å². The quantitative estimate of drug-likeness (QED) is 0.815. The SMILES string of the molecule is COc1cc(-c2nc(C)n(N)c2N)cc(OC)c1OC. The highest BCUT2D eigenvalue weighted by molar-refractivity contribution is 5.75. The first-order valence-electron chi connectivity index (χ1n) is 5.93. The number of nitrogens with zero attached hydrogens (tertiary/aromatic N) is 2. The van der Waals surface area contributed by atoms with E-state index in [1.165, 1.54) is 4.68 Å². The second-order valence-electron chi connectivity index (χ2n) is 4.18. The van der Waals surface area contributed by atoms with Crippen LogP contribution in [0.2, 0.25) is 0 Å². The lowest BCUT2D eigenvalue weighted by molar-refractivity contribution is 0.324. The van der Waals surface area contributed by atoms with Gasteiger partial charge in [0.05, 0.1) is 21.3 Å². The minimum absolute atomic E-state index is 0.372. The molecule has 0 spiro atoms. The van der Waals surface area contributed by atoms with E-state index in [2.05, 4.69) is 4.98 Å². The zero-order chi connectivity index (χ0) is 14.9. The largest absolute Gasteiger partial charge is 0.493 e. The lowest BCUT2D eigenvalue weighted by Crippen LogP contribution is -2.13. The monoisotopic (exact) mass is 278 g/mol. The van der Waals surface area contributed by atoms with Crippen LogP contribution in [0.1, 0.15) is 5.82 Å². The number of hydrogen-bond donors (Lipinski definition) is 2. The number of hydrogen-bond acceptors (Lipinski definition) is 6. The molecule has 0 atom stereocenters. The molecule has 20 heavy (non-hydrogen) atoms. The molecule has 0 saturated heterocycles. The second kappa shape index (κ2) is 5.20. The summed E-state index contributed by atoms with van der Waals surface area (Å²) in [5.74, 6) is 8.35. The molecule has 0 saturated carbocycles. The fraction of sp³-hybridized carbons (Fsp3) is 0.308. The highest BCUT2D eigenvalue weighted by Gasteiger charge is 2.18. The number of nitrogens with two attached hydrogens (primary N) is 2. The van der Waals surface area contributed by atoms with Crippen molar-refractivity contribution in [3.05, 3.63) is 18.0 Å². The number of nitrogen functional groups attached to an aromatic ring is 2. The van der Waals surface area contributed by atoms with Crippen LogP contribution in [0.4, 0.5) is 5.82 Å². The summed E-state index contributed by atoms with van der Waals surface area (Å²) >= 11 is 0. The van der Waals surface area contributed by atoms with Crippen LogP contribution in [0.5, 0.6) is 17.2 Å². The highest BCUT2D eigenvalue weighted by atomic mass is 16.5. The molecule has 0 aliphatic heterocycles. The van der Waals surface area contributed by atoms with Gasteiger partial charge in [-0.15, -0.1) is 0 Å². The average Bonchev–Trinajstić information content (AvgIpc) is 2.73. The van der Waals surface area contributed by atoms with Gasteiger partial charge in [-0.2, -0.15) is 0 Å². The van der Waals surface area contributed by atoms with Gasteiger partial charge < -0.3 is 25.8 Å². The van der Waals surface area contributed by atoms with Crippen LogP contribution in [0.15, 0.2) is 12.1 Å². The van der Waals surface area contributed by atoms with Gasteiger partial charge >= 0.3 is 0 Å². The van der Waals surface area contributed by atoms with E-state index < -0.39 is 0 Å². The van der Waals surface area contributed by atoms with E-state index in [4.69, 9.17) is 25.8 Å². The molecule has 2 rings (SSSR count). The highest BCUT2D eigenvalue weighted by Crippen LogP contribution is 2.41. The number of anilines is 1.